The summed E-state index contributed by atoms with van der Waals surface area (Å²) >= 11 is 0. The number of benzene rings is 1. The Hall–Kier alpha value is -2.43. The van der Waals surface area contributed by atoms with Crippen LogP contribution >= 0.6 is 0 Å². The van der Waals surface area contributed by atoms with E-state index in [-0.39, 0.29) is 12.0 Å². The molecule has 21 heavy (non-hydrogen) atoms. The summed E-state index contributed by atoms with van der Waals surface area (Å²) in [7, 11) is 1.53. The molecule has 1 aromatic carbocycles. The topological polar surface area (TPSA) is 59.4 Å². The number of aryl methyl sites for hydroxylation is 1. The van der Waals surface area contributed by atoms with Gasteiger partial charge in [0, 0.05) is 35.5 Å². The molecule has 0 aliphatic heterocycles. The fraction of sp³-hybridized carbons (Fsp3) is 0.250. The number of hydrogen-bond acceptors (Lipinski definition) is 3. The number of carboxylic acid groups (broad SMARTS) is 1. The first-order valence-corrected chi connectivity index (χ1v) is 6.50. The zero-order chi connectivity index (χ0) is 15.4. The first kappa shape index (κ1) is 15.0. The van der Waals surface area contributed by atoms with E-state index in [1.54, 1.807) is 25.1 Å². The van der Waals surface area contributed by atoms with E-state index in [4.69, 9.17) is 4.74 Å². The maximum Gasteiger partial charge on any atom is 0.311 e. The molecule has 0 amide bonds. The highest BCUT2D eigenvalue weighted by Gasteiger charge is 2.24. The first-order chi connectivity index (χ1) is 10.0. The van der Waals surface area contributed by atoms with Gasteiger partial charge in [0.05, 0.1) is 13.0 Å². The van der Waals surface area contributed by atoms with Crippen molar-refractivity contribution in [3.63, 3.8) is 0 Å². The largest absolute Gasteiger partial charge is 0.497 e. The van der Waals surface area contributed by atoms with Crippen LogP contribution in [0, 0.1) is 12.7 Å². The van der Waals surface area contributed by atoms with Gasteiger partial charge in [0.2, 0.25) is 0 Å². The molecule has 2 aromatic rings. The number of nitrogens with zero attached hydrogens (tertiary/aromatic N) is 1. The van der Waals surface area contributed by atoms with Crippen LogP contribution in [-0.2, 0) is 11.2 Å². The second kappa shape index (κ2) is 6.35. The Morgan fingerprint density at radius 1 is 1.38 bits per heavy atom. The SMILES string of the molecule is COc1cc(C)nc(CC(C(=O)O)c2ccccc2F)c1. The summed E-state index contributed by atoms with van der Waals surface area (Å²) in [6, 6.07) is 9.33. The Morgan fingerprint density at radius 3 is 2.71 bits per heavy atom. The van der Waals surface area contributed by atoms with Crippen molar-refractivity contribution in [1.29, 1.82) is 0 Å². The van der Waals surface area contributed by atoms with Crippen LogP contribution in [0.4, 0.5) is 4.39 Å². The summed E-state index contributed by atoms with van der Waals surface area (Å²) in [5.74, 6) is -1.98. The van der Waals surface area contributed by atoms with Crippen LogP contribution in [0.15, 0.2) is 36.4 Å². The zero-order valence-electron chi connectivity index (χ0n) is 11.8. The number of carboxylic acids is 1. The molecule has 1 heterocycles. The zero-order valence-corrected chi connectivity index (χ0v) is 11.8. The molecule has 1 N–H and O–H groups in total. The van der Waals surface area contributed by atoms with Gasteiger partial charge in [0.25, 0.3) is 0 Å². The van der Waals surface area contributed by atoms with Crippen molar-refractivity contribution >= 4 is 5.97 Å². The Balaban J connectivity index is 2.35. The predicted octanol–water partition coefficient (Wildman–Crippen LogP) is 2.95. The van der Waals surface area contributed by atoms with E-state index in [0.29, 0.717) is 11.4 Å². The molecule has 0 radical (unpaired) electrons. The third-order valence-electron chi connectivity index (χ3n) is 3.21. The molecule has 1 aromatic heterocycles. The molecular formula is C16H16FNO3. The third kappa shape index (κ3) is 3.56. The monoisotopic (exact) mass is 289 g/mol. The molecule has 0 saturated carbocycles. The highest BCUT2D eigenvalue weighted by Crippen LogP contribution is 2.25. The molecule has 2 rings (SSSR count). The Morgan fingerprint density at radius 2 is 2.10 bits per heavy atom. The summed E-state index contributed by atoms with van der Waals surface area (Å²) < 4.78 is 19.0. The molecular weight excluding hydrogens is 273 g/mol. The second-order valence-electron chi connectivity index (χ2n) is 4.76. The number of hydrogen-bond donors (Lipinski definition) is 1. The number of rotatable bonds is 5. The third-order valence-corrected chi connectivity index (χ3v) is 3.21. The van der Waals surface area contributed by atoms with Gasteiger partial charge in [-0.1, -0.05) is 18.2 Å². The number of pyridine rings is 1. The normalized spacial score (nSPS) is 12.0. The molecule has 110 valence electrons. The Labute approximate surface area is 122 Å². The molecule has 0 aliphatic rings. The average Bonchev–Trinajstić information content (AvgIpc) is 2.45. The van der Waals surface area contributed by atoms with E-state index >= 15 is 0 Å². The Bertz CT molecular complexity index is 658. The van der Waals surface area contributed by atoms with Crippen molar-refractivity contribution in [2.75, 3.05) is 7.11 Å². The van der Waals surface area contributed by atoms with Gasteiger partial charge in [0.15, 0.2) is 0 Å². The quantitative estimate of drug-likeness (QED) is 0.919. The van der Waals surface area contributed by atoms with Gasteiger partial charge in [-0.05, 0) is 13.0 Å². The van der Waals surface area contributed by atoms with Crippen LogP contribution in [0.1, 0.15) is 22.9 Å². The summed E-state index contributed by atoms with van der Waals surface area (Å²) in [5, 5.41) is 9.38. The minimum Gasteiger partial charge on any atom is -0.497 e. The average molecular weight is 289 g/mol. The molecule has 0 bridgehead atoms. The number of methoxy groups -OCH3 is 1. The fourth-order valence-corrected chi connectivity index (χ4v) is 2.22. The molecule has 0 saturated heterocycles. The van der Waals surface area contributed by atoms with Crippen LogP contribution in [0.25, 0.3) is 0 Å². The molecule has 0 aliphatic carbocycles. The van der Waals surface area contributed by atoms with Crippen LogP contribution in [-0.4, -0.2) is 23.2 Å². The highest BCUT2D eigenvalue weighted by molar-refractivity contribution is 5.76. The molecule has 1 atom stereocenters. The van der Waals surface area contributed by atoms with Crippen LogP contribution in [0.5, 0.6) is 5.75 Å². The van der Waals surface area contributed by atoms with Gasteiger partial charge in [0.1, 0.15) is 11.6 Å². The number of aromatic nitrogens is 1. The summed E-state index contributed by atoms with van der Waals surface area (Å²) in [6.45, 7) is 1.80. The Kier molecular flexibility index (Phi) is 4.52. The first-order valence-electron chi connectivity index (χ1n) is 6.50. The van der Waals surface area contributed by atoms with Crippen molar-refractivity contribution in [1.82, 2.24) is 4.98 Å². The number of ether oxygens (including phenoxy) is 1. The van der Waals surface area contributed by atoms with Gasteiger partial charge >= 0.3 is 5.97 Å². The predicted molar refractivity (Wildman–Crippen MR) is 76.0 cm³/mol. The van der Waals surface area contributed by atoms with Gasteiger partial charge in [-0.3, -0.25) is 9.78 Å². The standard InChI is InChI=1S/C16H16FNO3/c1-10-7-12(21-2)8-11(18-10)9-14(16(19)20)13-5-3-4-6-15(13)17/h3-8,14H,9H2,1-2H3,(H,19,20). The van der Waals surface area contributed by atoms with Crippen molar-refractivity contribution in [2.45, 2.75) is 19.3 Å². The van der Waals surface area contributed by atoms with Crippen LogP contribution in [0.2, 0.25) is 0 Å². The van der Waals surface area contributed by atoms with E-state index < -0.39 is 17.7 Å². The lowest BCUT2D eigenvalue weighted by Gasteiger charge is -2.14. The number of aliphatic carboxylic acids is 1. The van der Waals surface area contributed by atoms with Crippen LogP contribution < -0.4 is 4.74 Å². The number of halogens is 1. The van der Waals surface area contributed by atoms with Crippen molar-refractivity contribution < 1.29 is 19.0 Å². The lowest BCUT2D eigenvalue weighted by atomic mass is 9.93. The molecule has 0 spiro atoms. The van der Waals surface area contributed by atoms with Crippen molar-refractivity contribution in [3.05, 3.63) is 59.2 Å². The van der Waals surface area contributed by atoms with E-state index in [0.717, 1.165) is 5.69 Å². The van der Waals surface area contributed by atoms with Gasteiger partial charge in [-0.15, -0.1) is 0 Å². The van der Waals surface area contributed by atoms with Gasteiger partial charge in [-0.2, -0.15) is 0 Å². The van der Waals surface area contributed by atoms with Gasteiger partial charge in [-0.25, -0.2) is 4.39 Å². The summed E-state index contributed by atoms with van der Waals surface area (Å²) in [4.78, 5) is 15.8. The highest BCUT2D eigenvalue weighted by atomic mass is 19.1. The van der Waals surface area contributed by atoms with Crippen molar-refractivity contribution in [2.24, 2.45) is 0 Å². The van der Waals surface area contributed by atoms with E-state index in [1.807, 2.05) is 0 Å². The summed E-state index contributed by atoms with van der Waals surface area (Å²) in [6.07, 6.45) is 0.105. The van der Waals surface area contributed by atoms with Crippen LogP contribution in [0.3, 0.4) is 0 Å². The van der Waals surface area contributed by atoms with E-state index in [1.165, 1.54) is 25.3 Å². The van der Waals surface area contributed by atoms with E-state index in [2.05, 4.69) is 4.98 Å². The maximum atomic E-state index is 13.8. The smallest absolute Gasteiger partial charge is 0.311 e. The lowest BCUT2D eigenvalue weighted by molar-refractivity contribution is -0.138. The van der Waals surface area contributed by atoms with Crippen molar-refractivity contribution in [3.8, 4) is 5.75 Å². The molecule has 1 unspecified atom stereocenters. The minimum absolute atomic E-state index is 0.105. The van der Waals surface area contributed by atoms with E-state index in [9.17, 15) is 14.3 Å². The lowest BCUT2D eigenvalue weighted by Crippen LogP contribution is -2.16. The fourth-order valence-electron chi connectivity index (χ4n) is 2.22. The number of carbonyl (C=O) groups is 1. The molecule has 5 heteroatoms. The molecule has 0 fully saturated rings. The summed E-state index contributed by atoms with van der Waals surface area (Å²) in [5.41, 5.74) is 1.44. The second-order valence-corrected chi connectivity index (χ2v) is 4.76. The minimum atomic E-state index is -1.08. The van der Waals surface area contributed by atoms with Gasteiger partial charge < -0.3 is 9.84 Å². The maximum absolute atomic E-state index is 13.8. The molecule has 4 nitrogen and oxygen atoms in total.